The van der Waals surface area contributed by atoms with E-state index in [0.29, 0.717) is 5.02 Å². The molecule has 0 aliphatic heterocycles. The van der Waals surface area contributed by atoms with Gasteiger partial charge in [0.2, 0.25) is 0 Å². The van der Waals surface area contributed by atoms with Gasteiger partial charge in [0.1, 0.15) is 0 Å². The molecule has 0 spiro atoms. The zero-order valence-electron chi connectivity index (χ0n) is 6.97. The number of nitrogens with zero attached hydrogens (tertiary/aromatic N) is 1. The molecule has 0 atom stereocenters. The molecule has 0 aromatic heterocycles. The van der Waals surface area contributed by atoms with Crippen molar-refractivity contribution in [2.24, 2.45) is 4.99 Å². The van der Waals surface area contributed by atoms with Crippen molar-refractivity contribution in [3.05, 3.63) is 35.4 Å². The number of hydrogen-bond acceptors (Lipinski definition) is 1. The molecular weight excluding hydrogens is 170 g/mol. The van der Waals surface area contributed by atoms with Gasteiger partial charge in [-0.3, -0.25) is 4.99 Å². The van der Waals surface area contributed by atoms with E-state index >= 15 is 0 Å². The average Bonchev–Trinajstić information content (AvgIpc) is 2.03. The Labute approximate surface area is 77.4 Å². The summed E-state index contributed by atoms with van der Waals surface area (Å²) in [5.41, 5.74) is 2.58. The van der Waals surface area contributed by atoms with Gasteiger partial charge in [0.05, 0.1) is 10.7 Å². The van der Waals surface area contributed by atoms with Gasteiger partial charge < -0.3 is 0 Å². The molecule has 0 aliphatic rings. The Morgan fingerprint density at radius 2 is 2.17 bits per heavy atom. The maximum Gasteiger partial charge on any atom is 0.0712 e. The fourth-order valence-electron chi connectivity index (χ4n) is 1.07. The van der Waals surface area contributed by atoms with Crippen LogP contribution in [-0.4, -0.2) is 6.72 Å². The molecule has 1 aromatic carbocycles. The molecule has 12 heavy (non-hydrogen) atoms. The normalized spacial score (nSPS) is 9.50. The summed E-state index contributed by atoms with van der Waals surface area (Å²) in [6.45, 7) is 9.19. The Hall–Kier alpha value is -1.08. The van der Waals surface area contributed by atoms with Crippen LogP contribution in [0.3, 0.4) is 0 Å². The van der Waals surface area contributed by atoms with Gasteiger partial charge in [-0.15, -0.1) is 0 Å². The van der Waals surface area contributed by atoms with Crippen molar-refractivity contribution in [2.45, 2.75) is 6.92 Å². The van der Waals surface area contributed by atoms with E-state index in [1.165, 1.54) is 0 Å². The Kier molecular flexibility index (Phi) is 2.66. The van der Waals surface area contributed by atoms with E-state index in [1.54, 1.807) is 0 Å². The van der Waals surface area contributed by atoms with Gasteiger partial charge in [0.15, 0.2) is 0 Å². The monoisotopic (exact) mass is 179 g/mol. The molecule has 0 amide bonds. The highest BCUT2D eigenvalue weighted by atomic mass is 35.5. The number of allylic oxidation sites excluding steroid dienone is 1. The highest BCUT2D eigenvalue weighted by molar-refractivity contribution is 6.32. The topological polar surface area (TPSA) is 12.4 Å². The Bertz CT molecular complexity index is 329. The molecule has 0 N–H and O–H groups in total. The van der Waals surface area contributed by atoms with Crippen LogP contribution >= 0.6 is 11.6 Å². The van der Waals surface area contributed by atoms with Crippen molar-refractivity contribution < 1.29 is 0 Å². The predicted octanol–water partition coefficient (Wildman–Crippen LogP) is 3.71. The third-order valence-electron chi connectivity index (χ3n) is 1.59. The van der Waals surface area contributed by atoms with Crippen LogP contribution in [0.5, 0.6) is 0 Å². The van der Waals surface area contributed by atoms with Crippen molar-refractivity contribution in [1.29, 1.82) is 0 Å². The summed E-state index contributed by atoms with van der Waals surface area (Å²) in [6.07, 6.45) is 0. The highest BCUT2D eigenvalue weighted by Gasteiger charge is 2.04. The molecule has 0 heterocycles. The summed E-state index contributed by atoms with van der Waals surface area (Å²) in [6, 6.07) is 5.53. The van der Waals surface area contributed by atoms with Gasteiger partial charge in [-0.2, -0.15) is 0 Å². The van der Waals surface area contributed by atoms with E-state index < -0.39 is 0 Å². The third kappa shape index (κ3) is 1.56. The zero-order chi connectivity index (χ0) is 9.14. The molecule has 62 valence electrons. The second-order valence-corrected chi connectivity index (χ2v) is 2.98. The van der Waals surface area contributed by atoms with Gasteiger partial charge in [-0.05, 0) is 31.3 Å². The van der Waals surface area contributed by atoms with Crippen LogP contribution in [0.2, 0.25) is 5.02 Å². The first-order chi connectivity index (χ1) is 5.66. The Morgan fingerprint density at radius 1 is 1.50 bits per heavy atom. The van der Waals surface area contributed by atoms with Crippen LogP contribution in [0, 0.1) is 0 Å². The Balaban J connectivity index is 3.39. The third-order valence-corrected chi connectivity index (χ3v) is 1.90. The first-order valence-corrected chi connectivity index (χ1v) is 3.95. The van der Waals surface area contributed by atoms with E-state index in [-0.39, 0.29) is 0 Å². The molecule has 0 bridgehead atoms. The van der Waals surface area contributed by atoms with Crippen molar-refractivity contribution in [2.75, 3.05) is 0 Å². The number of rotatable bonds is 2. The molecule has 0 radical (unpaired) electrons. The van der Waals surface area contributed by atoms with Crippen LogP contribution in [0.4, 0.5) is 5.69 Å². The zero-order valence-corrected chi connectivity index (χ0v) is 7.73. The van der Waals surface area contributed by atoms with Crippen molar-refractivity contribution in [1.82, 2.24) is 0 Å². The predicted molar refractivity (Wildman–Crippen MR) is 55.4 cm³/mol. The minimum atomic E-state index is 0.674. The van der Waals surface area contributed by atoms with Gasteiger partial charge in [-0.1, -0.05) is 24.2 Å². The number of benzene rings is 1. The number of hydrogen-bond donors (Lipinski definition) is 0. The molecule has 0 saturated heterocycles. The van der Waals surface area contributed by atoms with Crippen LogP contribution in [0.15, 0.2) is 29.8 Å². The largest absolute Gasteiger partial charge is 0.264 e. The number of halogens is 1. The van der Waals surface area contributed by atoms with E-state index in [0.717, 1.165) is 16.8 Å². The van der Waals surface area contributed by atoms with E-state index in [9.17, 15) is 0 Å². The second-order valence-electron chi connectivity index (χ2n) is 2.57. The Morgan fingerprint density at radius 3 is 2.58 bits per heavy atom. The van der Waals surface area contributed by atoms with Crippen LogP contribution in [0.25, 0.3) is 5.57 Å². The fourth-order valence-corrected chi connectivity index (χ4v) is 1.40. The van der Waals surface area contributed by atoms with E-state index in [2.05, 4.69) is 18.3 Å². The van der Waals surface area contributed by atoms with Crippen LogP contribution < -0.4 is 0 Å². The molecule has 0 saturated carbocycles. The molecule has 2 heteroatoms. The molecule has 0 aliphatic carbocycles. The maximum absolute atomic E-state index is 5.95. The summed E-state index contributed by atoms with van der Waals surface area (Å²) < 4.78 is 0. The quantitative estimate of drug-likeness (QED) is 0.614. The van der Waals surface area contributed by atoms with Crippen LogP contribution in [0.1, 0.15) is 12.5 Å². The van der Waals surface area contributed by atoms with Gasteiger partial charge in [0.25, 0.3) is 0 Å². The molecule has 0 fully saturated rings. The first-order valence-electron chi connectivity index (χ1n) is 3.58. The van der Waals surface area contributed by atoms with Crippen molar-refractivity contribution >= 4 is 29.6 Å². The minimum Gasteiger partial charge on any atom is -0.264 e. The smallest absolute Gasteiger partial charge is 0.0712 e. The molecule has 0 unspecified atom stereocenters. The van der Waals surface area contributed by atoms with Crippen LogP contribution in [-0.2, 0) is 0 Å². The minimum absolute atomic E-state index is 0.674. The lowest BCUT2D eigenvalue weighted by Gasteiger charge is -2.05. The van der Waals surface area contributed by atoms with Gasteiger partial charge >= 0.3 is 0 Å². The van der Waals surface area contributed by atoms with E-state index in [4.69, 9.17) is 11.6 Å². The second kappa shape index (κ2) is 3.55. The maximum atomic E-state index is 5.95. The molecule has 1 rings (SSSR count). The molecular formula is C10H10ClN. The highest BCUT2D eigenvalue weighted by Crippen LogP contribution is 2.31. The van der Waals surface area contributed by atoms with Gasteiger partial charge in [-0.25, -0.2) is 0 Å². The lowest BCUT2D eigenvalue weighted by molar-refractivity contribution is 1.49. The SMILES string of the molecule is C=Nc1cccc(Cl)c1C(=C)C. The summed E-state index contributed by atoms with van der Waals surface area (Å²) >= 11 is 5.95. The van der Waals surface area contributed by atoms with Gasteiger partial charge in [0, 0.05) is 5.56 Å². The summed E-state index contributed by atoms with van der Waals surface area (Å²) in [7, 11) is 0. The first kappa shape index (κ1) is 9.01. The number of aliphatic imine (C=N–C) groups is 1. The van der Waals surface area contributed by atoms with Crippen molar-refractivity contribution in [3.8, 4) is 0 Å². The lowest BCUT2D eigenvalue weighted by atomic mass is 10.1. The molecule has 1 nitrogen and oxygen atoms in total. The van der Waals surface area contributed by atoms with Crippen molar-refractivity contribution in [3.63, 3.8) is 0 Å². The standard InChI is InChI=1S/C10H10ClN/c1-7(2)10-8(11)5-4-6-9(10)12-3/h4-6H,1,3H2,2H3. The lowest BCUT2D eigenvalue weighted by Crippen LogP contribution is -1.80. The summed E-state index contributed by atoms with van der Waals surface area (Å²) in [5, 5.41) is 0.674. The molecule has 1 aromatic rings. The van der Waals surface area contributed by atoms with E-state index in [1.807, 2.05) is 25.1 Å². The average molecular weight is 180 g/mol. The fraction of sp³-hybridized carbons (Fsp3) is 0.100. The summed E-state index contributed by atoms with van der Waals surface area (Å²) in [4.78, 5) is 3.86. The summed E-state index contributed by atoms with van der Waals surface area (Å²) in [5.74, 6) is 0.